The first kappa shape index (κ1) is 21.6. The highest BCUT2D eigenvalue weighted by molar-refractivity contribution is 7.89. The third-order valence-electron chi connectivity index (χ3n) is 3.88. The molecule has 0 aliphatic heterocycles. The van der Waals surface area contributed by atoms with Gasteiger partial charge >= 0.3 is 12.5 Å². The van der Waals surface area contributed by atoms with E-state index in [9.17, 15) is 34.8 Å². The minimum absolute atomic E-state index is 0.0869. The third-order valence-corrected chi connectivity index (χ3v) is 4.81. The van der Waals surface area contributed by atoms with E-state index in [-0.39, 0.29) is 21.7 Å². The summed E-state index contributed by atoms with van der Waals surface area (Å²) in [6.45, 7) is 0. The van der Waals surface area contributed by atoms with Crippen molar-refractivity contribution >= 4 is 10.0 Å². The largest absolute Gasteiger partial charge is 0.573 e. The second kappa shape index (κ2) is 7.32. The predicted octanol–water partition coefficient (Wildman–Crippen LogP) is 4.31. The van der Waals surface area contributed by atoms with Crippen LogP contribution in [0.25, 0.3) is 22.4 Å². The Morgan fingerprint density at radius 3 is 1.87 bits per heavy atom. The van der Waals surface area contributed by atoms with Crippen LogP contribution >= 0.6 is 0 Å². The van der Waals surface area contributed by atoms with Crippen LogP contribution in [-0.4, -0.2) is 25.0 Å². The summed E-state index contributed by atoms with van der Waals surface area (Å²) in [5, 5.41) is 10.5. The van der Waals surface area contributed by atoms with Crippen LogP contribution in [0, 0.1) is 0 Å². The van der Waals surface area contributed by atoms with Crippen molar-refractivity contribution in [3.8, 4) is 28.1 Å². The van der Waals surface area contributed by atoms with Crippen molar-refractivity contribution in [1.82, 2.24) is 10.2 Å². The molecule has 3 aromatic rings. The molecule has 0 bridgehead atoms. The molecular formula is C17H11F6N3O3S. The van der Waals surface area contributed by atoms with Gasteiger partial charge in [-0.2, -0.15) is 18.3 Å². The molecule has 0 aliphatic rings. The quantitative estimate of drug-likeness (QED) is 0.578. The van der Waals surface area contributed by atoms with Crippen LogP contribution in [0.3, 0.4) is 0 Å². The maximum atomic E-state index is 13.4. The molecule has 0 radical (unpaired) electrons. The van der Waals surface area contributed by atoms with Gasteiger partial charge < -0.3 is 4.74 Å². The van der Waals surface area contributed by atoms with E-state index in [1.54, 1.807) is 0 Å². The zero-order valence-electron chi connectivity index (χ0n) is 14.5. The van der Waals surface area contributed by atoms with Gasteiger partial charge in [-0.25, -0.2) is 13.6 Å². The first-order valence-electron chi connectivity index (χ1n) is 7.91. The SMILES string of the molecule is NS(=O)(=O)c1ccc(-c2n[nH]c(C(F)(F)F)c2-c2ccc(OC(F)(F)F)cc2)cc1. The Bertz CT molecular complexity index is 1150. The standard InChI is InChI=1S/C17H11F6N3O3S/c18-16(19,20)15-13(9-1-5-11(6-2-9)29-17(21,22)23)14(25-26-15)10-3-7-12(8-4-10)30(24,27)28/h1-8H,(H,25,26)(H2,24,27,28). The van der Waals surface area contributed by atoms with E-state index in [1.807, 2.05) is 5.10 Å². The van der Waals surface area contributed by atoms with Gasteiger partial charge in [0.15, 0.2) is 0 Å². The number of nitrogens with zero attached hydrogens (tertiary/aromatic N) is 1. The molecule has 0 unspecified atom stereocenters. The average molecular weight is 451 g/mol. The van der Waals surface area contributed by atoms with Crippen LogP contribution in [0.1, 0.15) is 5.69 Å². The molecule has 6 nitrogen and oxygen atoms in total. The monoisotopic (exact) mass is 451 g/mol. The fourth-order valence-electron chi connectivity index (χ4n) is 2.66. The number of ether oxygens (including phenoxy) is 1. The van der Waals surface area contributed by atoms with E-state index in [4.69, 9.17) is 5.14 Å². The number of alkyl halides is 6. The van der Waals surface area contributed by atoms with Gasteiger partial charge in [0.25, 0.3) is 0 Å². The van der Waals surface area contributed by atoms with E-state index in [2.05, 4.69) is 9.84 Å². The number of nitrogens with one attached hydrogen (secondary N) is 1. The van der Waals surface area contributed by atoms with E-state index in [1.165, 1.54) is 12.1 Å². The highest BCUT2D eigenvalue weighted by Gasteiger charge is 2.38. The fourth-order valence-corrected chi connectivity index (χ4v) is 3.18. The van der Waals surface area contributed by atoms with E-state index in [0.29, 0.717) is 0 Å². The molecule has 0 saturated carbocycles. The molecule has 0 amide bonds. The van der Waals surface area contributed by atoms with Gasteiger partial charge in [-0.05, 0) is 29.8 Å². The Labute approximate surface area is 165 Å². The van der Waals surface area contributed by atoms with Crippen LogP contribution in [-0.2, 0) is 16.2 Å². The number of primary sulfonamides is 1. The van der Waals surface area contributed by atoms with Gasteiger partial charge in [0.2, 0.25) is 10.0 Å². The molecule has 3 N–H and O–H groups in total. The number of sulfonamides is 1. The van der Waals surface area contributed by atoms with E-state index >= 15 is 0 Å². The number of rotatable bonds is 4. The Hall–Kier alpha value is -3.06. The van der Waals surface area contributed by atoms with Gasteiger partial charge in [0.05, 0.1) is 4.90 Å². The number of benzene rings is 2. The molecule has 160 valence electrons. The molecular weight excluding hydrogens is 440 g/mol. The number of hydrogen-bond donors (Lipinski definition) is 2. The van der Waals surface area contributed by atoms with Crippen molar-refractivity contribution in [3.63, 3.8) is 0 Å². The van der Waals surface area contributed by atoms with E-state index in [0.717, 1.165) is 36.4 Å². The lowest BCUT2D eigenvalue weighted by molar-refractivity contribution is -0.274. The van der Waals surface area contributed by atoms with Crippen molar-refractivity contribution in [2.24, 2.45) is 5.14 Å². The second-order valence-corrected chi connectivity index (χ2v) is 7.52. The highest BCUT2D eigenvalue weighted by Crippen LogP contribution is 2.41. The molecule has 0 aliphatic carbocycles. The fraction of sp³-hybridized carbons (Fsp3) is 0.118. The first-order valence-corrected chi connectivity index (χ1v) is 9.45. The molecule has 13 heteroatoms. The van der Waals surface area contributed by atoms with Crippen molar-refractivity contribution in [1.29, 1.82) is 0 Å². The number of H-pyrrole nitrogens is 1. The normalized spacial score (nSPS) is 12.8. The van der Waals surface area contributed by atoms with E-state index < -0.39 is 39.6 Å². The average Bonchev–Trinajstić information content (AvgIpc) is 3.06. The first-order chi connectivity index (χ1) is 13.8. The Kier molecular flexibility index (Phi) is 5.28. The predicted molar refractivity (Wildman–Crippen MR) is 92.5 cm³/mol. The molecule has 1 heterocycles. The van der Waals surface area contributed by atoms with Crippen molar-refractivity contribution in [2.75, 3.05) is 0 Å². The summed E-state index contributed by atoms with van der Waals surface area (Å²) in [6, 6.07) is 8.37. The van der Waals surface area contributed by atoms with Crippen LogP contribution in [0.2, 0.25) is 0 Å². The summed E-state index contributed by atoms with van der Waals surface area (Å²) in [7, 11) is -4.02. The molecule has 0 atom stereocenters. The van der Waals surface area contributed by atoms with Crippen LogP contribution in [0.4, 0.5) is 26.3 Å². The summed E-state index contributed by atoms with van der Waals surface area (Å²) in [5.41, 5.74) is -1.80. The van der Waals surface area contributed by atoms with Crippen LogP contribution in [0.15, 0.2) is 53.4 Å². The molecule has 3 rings (SSSR count). The Morgan fingerprint density at radius 2 is 1.40 bits per heavy atom. The highest BCUT2D eigenvalue weighted by atomic mass is 32.2. The molecule has 0 fully saturated rings. The maximum Gasteiger partial charge on any atom is 0.573 e. The number of halogens is 6. The summed E-state index contributed by atoms with van der Waals surface area (Å²) in [5.74, 6) is -0.609. The van der Waals surface area contributed by atoms with Gasteiger partial charge in [-0.1, -0.05) is 24.3 Å². The molecule has 1 aromatic heterocycles. The summed E-state index contributed by atoms with van der Waals surface area (Å²) in [4.78, 5) is -0.256. The lowest BCUT2D eigenvalue weighted by Gasteiger charge is -2.12. The zero-order chi connectivity index (χ0) is 22.3. The molecule has 2 aromatic carbocycles. The van der Waals surface area contributed by atoms with Gasteiger partial charge in [0, 0.05) is 11.1 Å². The minimum atomic E-state index is -4.95. The lowest BCUT2D eigenvalue weighted by atomic mass is 9.98. The molecule has 0 spiro atoms. The summed E-state index contributed by atoms with van der Waals surface area (Å²) >= 11 is 0. The topological polar surface area (TPSA) is 98.1 Å². The van der Waals surface area contributed by atoms with Crippen molar-refractivity contribution in [3.05, 3.63) is 54.2 Å². The summed E-state index contributed by atoms with van der Waals surface area (Å²) < 4.78 is 104. The van der Waals surface area contributed by atoms with Crippen molar-refractivity contribution in [2.45, 2.75) is 17.4 Å². The minimum Gasteiger partial charge on any atom is -0.406 e. The second-order valence-electron chi connectivity index (χ2n) is 5.96. The molecule has 0 saturated heterocycles. The number of nitrogens with two attached hydrogens (primary N) is 1. The Balaban J connectivity index is 2.10. The van der Waals surface area contributed by atoms with Gasteiger partial charge in [-0.15, -0.1) is 13.2 Å². The van der Waals surface area contributed by atoms with Crippen molar-refractivity contribution < 1.29 is 39.5 Å². The van der Waals surface area contributed by atoms with Gasteiger partial charge in [-0.3, -0.25) is 5.10 Å². The van der Waals surface area contributed by atoms with Crippen LogP contribution < -0.4 is 9.88 Å². The number of hydrogen-bond acceptors (Lipinski definition) is 4. The van der Waals surface area contributed by atoms with Gasteiger partial charge in [0.1, 0.15) is 17.1 Å². The smallest absolute Gasteiger partial charge is 0.406 e. The third kappa shape index (κ3) is 4.74. The Morgan fingerprint density at radius 1 is 0.867 bits per heavy atom. The summed E-state index contributed by atoms with van der Waals surface area (Å²) in [6.07, 6.45) is -9.80. The maximum absolute atomic E-state index is 13.4. The number of aromatic nitrogens is 2. The number of aromatic amines is 1. The molecule has 30 heavy (non-hydrogen) atoms. The lowest BCUT2D eigenvalue weighted by Crippen LogP contribution is -2.17. The zero-order valence-corrected chi connectivity index (χ0v) is 15.4. The van der Waals surface area contributed by atoms with Crippen LogP contribution in [0.5, 0.6) is 5.75 Å².